The fourth-order valence-electron chi connectivity index (χ4n) is 4.10. The maximum absolute atomic E-state index is 5.48. The van der Waals surface area contributed by atoms with Gasteiger partial charge in [-0.2, -0.15) is 5.10 Å². The van der Waals surface area contributed by atoms with Gasteiger partial charge in [-0.1, -0.05) is 6.07 Å². The second-order valence-electron chi connectivity index (χ2n) is 8.00. The molecule has 0 radical (unpaired) electrons. The third kappa shape index (κ3) is 4.51. The van der Waals surface area contributed by atoms with Crippen LogP contribution in [0, 0.1) is 6.92 Å². The van der Waals surface area contributed by atoms with Crippen molar-refractivity contribution < 1.29 is 4.74 Å². The smallest absolute Gasteiger partial charge is 0.154 e. The number of likely N-dealkylation sites (tertiary alicyclic amines) is 1. The van der Waals surface area contributed by atoms with Gasteiger partial charge in [0.25, 0.3) is 0 Å². The third-order valence-electron chi connectivity index (χ3n) is 5.79. The van der Waals surface area contributed by atoms with E-state index in [1.54, 1.807) is 18.9 Å². The number of hydrogen-bond acceptors (Lipinski definition) is 6. The normalized spacial score (nSPS) is 20.1. The third-order valence-corrected chi connectivity index (χ3v) is 6.86. The molecule has 7 nitrogen and oxygen atoms in total. The Bertz CT molecular complexity index is 1110. The summed E-state index contributed by atoms with van der Waals surface area (Å²) < 4.78 is 5.48. The summed E-state index contributed by atoms with van der Waals surface area (Å²) in [5, 5.41) is 10.6. The van der Waals surface area contributed by atoms with Gasteiger partial charge < -0.3 is 10.1 Å². The zero-order chi connectivity index (χ0) is 21.2. The molecule has 4 heterocycles. The second kappa shape index (κ2) is 8.82. The lowest BCUT2D eigenvalue weighted by atomic mass is 10.1. The highest BCUT2D eigenvalue weighted by Crippen LogP contribution is 2.36. The van der Waals surface area contributed by atoms with Crippen molar-refractivity contribution in [2.75, 3.05) is 31.3 Å². The summed E-state index contributed by atoms with van der Waals surface area (Å²) in [5.74, 6) is 2.46. The molecule has 1 unspecified atom stereocenters. The van der Waals surface area contributed by atoms with Crippen LogP contribution in [0.2, 0.25) is 0 Å². The molecule has 3 aromatic rings. The van der Waals surface area contributed by atoms with Crippen LogP contribution in [-0.2, 0) is 11.3 Å². The van der Waals surface area contributed by atoms with Crippen molar-refractivity contribution in [3.8, 4) is 11.1 Å². The molecule has 0 aliphatic carbocycles. The number of amidine groups is 1. The van der Waals surface area contributed by atoms with Crippen LogP contribution in [0.4, 0.5) is 11.5 Å². The number of pyridine rings is 1. The van der Waals surface area contributed by atoms with E-state index >= 15 is 0 Å². The molecule has 5 rings (SSSR count). The Kier molecular flexibility index (Phi) is 5.76. The van der Waals surface area contributed by atoms with Crippen LogP contribution in [0.3, 0.4) is 0 Å². The van der Waals surface area contributed by atoms with Crippen LogP contribution in [0.25, 0.3) is 11.1 Å². The molecule has 1 atom stereocenters. The van der Waals surface area contributed by atoms with Crippen LogP contribution in [0.1, 0.15) is 17.7 Å². The summed E-state index contributed by atoms with van der Waals surface area (Å²) in [6, 6.07) is 10.6. The minimum absolute atomic E-state index is 0.350. The van der Waals surface area contributed by atoms with Crippen molar-refractivity contribution in [3.05, 3.63) is 54.0 Å². The highest BCUT2D eigenvalue weighted by atomic mass is 32.2. The summed E-state index contributed by atoms with van der Waals surface area (Å²) in [7, 11) is 1.79. The van der Waals surface area contributed by atoms with Gasteiger partial charge in [-0.15, -0.1) is 11.8 Å². The van der Waals surface area contributed by atoms with Crippen molar-refractivity contribution in [2.24, 2.45) is 4.99 Å². The van der Waals surface area contributed by atoms with Crippen molar-refractivity contribution in [1.29, 1.82) is 0 Å². The van der Waals surface area contributed by atoms with Crippen LogP contribution in [0.5, 0.6) is 0 Å². The molecular weight excluding hydrogens is 408 g/mol. The number of hydrogen-bond donors (Lipinski definition) is 2. The summed E-state index contributed by atoms with van der Waals surface area (Å²) in [5.41, 5.74) is 5.70. The standard InChI is InChI=1S/C23H26N6OS/c1-15-19(11-25-28-15)17-3-4-20-21(10-17)31-14-23(26-20)27-22-9-16(5-7-24-22)12-29-8-6-18(13-29)30-2/h3-5,7,9-11,18H,6,8,12-14H2,1-2H3,(H,25,28)(H,24,26,27). The summed E-state index contributed by atoms with van der Waals surface area (Å²) in [6.07, 6.45) is 5.17. The maximum Gasteiger partial charge on any atom is 0.154 e. The van der Waals surface area contributed by atoms with Gasteiger partial charge in [0.2, 0.25) is 0 Å². The van der Waals surface area contributed by atoms with E-state index in [2.05, 4.69) is 55.7 Å². The quantitative estimate of drug-likeness (QED) is 0.625. The van der Waals surface area contributed by atoms with E-state index in [1.165, 1.54) is 16.0 Å². The lowest BCUT2D eigenvalue weighted by Crippen LogP contribution is -2.22. The SMILES string of the molecule is COC1CCN(Cc2ccnc(N=C3CSc4cc(-c5cn[nH]c5C)ccc4N3)c2)C1. The lowest BCUT2D eigenvalue weighted by molar-refractivity contribution is 0.107. The molecule has 1 aromatic carbocycles. The molecule has 2 aliphatic rings. The number of ether oxygens (including phenoxy) is 1. The first-order valence-corrected chi connectivity index (χ1v) is 11.5. The summed E-state index contributed by atoms with van der Waals surface area (Å²) in [6.45, 7) is 5.00. The Morgan fingerprint density at radius 2 is 2.23 bits per heavy atom. The minimum Gasteiger partial charge on any atom is -0.380 e. The van der Waals surface area contributed by atoms with Crippen LogP contribution < -0.4 is 5.32 Å². The number of anilines is 1. The van der Waals surface area contributed by atoms with E-state index in [1.807, 2.05) is 19.3 Å². The van der Waals surface area contributed by atoms with Gasteiger partial charge in [0.1, 0.15) is 5.84 Å². The number of aliphatic imine (C=N–C) groups is 1. The number of benzene rings is 1. The molecule has 1 fully saturated rings. The number of nitrogens with zero attached hydrogens (tertiary/aromatic N) is 4. The zero-order valence-corrected chi connectivity index (χ0v) is 18.6. The highest BCUT2D eigenvalue weighted by Gasteiger charge is 2.22. The first-order chi connectivity index (χ1) is 15.2. The number of fused-ring (bicyclic) bond motifs is 1. The molecule has 2 aliphatic heterocycles. The summed E-state index contributed by atoms with van der Waals surface area (Å²) >= 11 is 1.79. The number of nitrogens with one attached hydrogen (secondary N) is 2. The molecular formula is C23H26N6OS. The first kappa shape index (κ1) is 20.2. The van der Waals surface area contributed by atoms with Gasteiger partial charge in [0.15, 0.2) is 5.82 Å². The fraction of sp³-hybridized carbons (Fsp3) is 0.348. The second-order valence-corrected chi connectivity index (χ2v) is 9.01. The average molecular weight is 435 g/mol. The lowest BCUT2D eigenvalue weighted by Gasteiger charge is -2.20. The Morgan fingerprint density at radius 3 is 3.03 bits per heavy atom. The van der Waals surface area contributed by atoms with Crippen molar-refractivity contribution >= 4 is 29.1 Å². The van der Waals surface area contributed by atoms with E-state index in [4.69, 9.17) is 9.73 Å². The van der Waals surface area contributed by atoms with E-state index in [-0.39, 0.29) is 0 Å². The molecule has 2 N–H and O–H groups in total. The van der Waals surface area contributed by atoms with Crippen molar-refractivity contribution in [3.63, 3.8) is 0 Å². The summed E-state index contributed by atoms with van der Waals surface area (Å²) in [4.78, 5) is 12.9. The largest absolute Gasteiger partial charge is 0.380 e. The molecule has 31 heavy (non-hydrogen) atoms. The van der Waals surface area contributed by atoms with Gasteiger partial charge in [-0.25, -0.2) is 9.98 Å². The van der Waals surface area contributed by atoms with Gasteiger partial charge >= 0.3 is 0 Å². The van der Waals surface area contributed by atoms with Crippen molar-refractivity contribution in [2.45, 2.75) is 30.9 Å². The zero-order valence-electron chi connectivity index (χ0n) is 17.8. The number of thioether (sulfide) groups is 1. The Labute approximate surface area is 186 Å². The molecule has 8 heteroatoms. The highest BCUT2D eigenvalue weighted by molar-refractivity contribution is 8.00. The van der Waals surface area contributed by atoms with Gasteiger partial charge in [-0.3, -0.25) is 10.00 Å². The predicted octanol–water partition coefficient (Wildman–Crippen LogP) is 4.25. The molecule has 2 aromatic heterocycles. The van der Waals surface area contributed by atoms with Crippen LogP contribution in [0.15, 0.2) is 52.6 Å². The number of methoxy groups -OCH3 is 1. The Hall–Kier alpha value is -2.68. The molecule has 0 bridgehead atoms. The number of H-pyrrole nitrogens is 1. The van der Waals surface area contributed by atoms with Crippen molar-refractivity contribution in [1.82, 2.24) is 20.1 Å². The minimum atomic E-state index is 0.350. The topological polar surface area (TPSA) is 78.4 Å². The van der Waals surface area contributed by atoms with Crippen LogP contribution in [-0.4, -0.2) is 58.0 Å². The number of aromatic amines is 1. The van der Waals surface area contributed by atoms with E-state index < -0.39 is 0 Å². The Morgan fingerprint density at radius 1 is 1.29 bits per heavy atom. The first-order valence-electron chi connectivity index (χ1n) is 10.5. The maximum atomic E-state index is 5.48. The molecule has 1 saturated heterocycles. The van der Waals surface area contributed by atoms with Gasteiger partial charge in [0, 0.05) is 49.1 Å². The Balaban J connectivity index is 1.29. The van der Waals surface area contributed by atoms with E-state index in [0.717, 1.165) is 60.4 Å². The monoisotopic (exact) mass is 434 g/mol. The van der Waals surface area contributed by atoms with E-state index in [0.29, 0.717) is 6.10 Å². The van der Waals surface area contributed by atoms with Gasteiger partial charge in [0.05, 0.1) is 23.7 Å². The fourth-order valence-corrected chi connectivity index (χ4v) is 5.02. The van der Waals surface area contributed by atoms with Crippen LogP contribution >= 0.6 is 11.8 Å². The average Bonchev–Trinajstić information content (AvgIpc) is 3.42. The number of aromatic nitrogens is 3. The molecule has 0 amide bonds. The number of rotatable bonds is 5. The predicted molar refractivity (Wildman–Crippen MR) is 125 cm³/mol. The molecule has 160 valence electrons. The van der Waals surface area contributed by atoms with Gasteiger partial charge in [-0.05, 0) is 48.7 Å². The van der Waals surface area contributed by atoms with E-state index in [9.17, 15) is 0 Å². The number of aryl methyl sites for hydroxylation is 1. The molecule has 0 saturated carbocycles. The molecule has 0 spiro atoms.